The molecule has 0 fully saturated rings. The molecular formula is C7H7BrN2O4. The van der Waals surface area contributed by atoms with Gasteiger partial charge in [0.25, 0.3) is 0 Å². The van der Waals surface area contributed by atoms with Gasteiger partial charge in [0.05, 0.1) is 6.61 Å². The zero-order valence-electron chi connectivity index (χ0n) is 7.27. The second kappa shape index (κ2) is 4.32. The monoisotopic (exact) mass is 262 g/mol. The van der Waals surface area contributed by atoms with Crippen molar-refractivity contribution in [1.82, 2.24) is 0 Å². The van der Waals surface area contributed by atoms with E-state index in [-0.39, 0.29) is 16.9 Å². The van der Waals surface area contributed by atoms with E-state index in [1.807, 2.05) is 0 Å². The number of hydrogen-bond acceptors (Lipinski definition) is 5. The van der Waals surface area contributed by atoms with Gasteiger partial charge >= 0.3 is 11.8 Å². The van der Waals surface area contributed by atoms with E-state index < -0.39 is 16.8 Å². The molecule has 0 aromatic heterocycles. The Bertz CT molecular complexity index is 337. The third-order valence-electron chi connectivity index (χ3n) is 1.55. The maximum Gasteiger partial charge on any atom is 0.374 e. The largest absolute Gasteiger partial charge is 0.465 e. The van der Waals surface area contributed by atoms with Crippen molar-refractivity contribution in [2.45, 2.75) is 6.92 Å². The van der Waals surface area contributed by atoms with Gasteiger partial charge in [0.15, 0.2) is 5.92 Å². The maximum absolute atomic E-state index is 11.2. The second-order valence-electron chi connectivity index (χ2n) is 2.44. The Hall–Kier alpha value is -1.24. The molecule has 6 nitrogen and oxygen atoms in total. The summed E-state index contributed by atoms with van der Waals surface area (Å²) in [6, 6.07) is 0. The van der Waals surface area contributed by atoms with Crippen molar-refractivity contribution in [3.05, 3.63) is 20.4 Å². The zero-order chi connectivity index (χ0) is 10.7. The van der Waals surface area contributed by atoms with Crippen LogP contribution in [-0.4, -0.2) is 23.7 Å². The smallest absolute Gasteiger partial charge is 0.374 e. The van der Waals surface area contributed by atoms with Gasteiger partial charge in [-0.1, -0.05) is 0 Å². The number of nitrogens with zero attached hydrogens (tertiary/aromatic N) is 2. The summed E-state index contributed by atoms with van der Waals surface area (Å²) in [5, 5.41) is 10.4. The van der Waals surface area contributed by atoms with Gasteiger partial charge in [-0.25, -0.2) is 0 Å². The van der Waals surface area contributed by atoms with Gasteiger partial charge in [-0.05, 0) is 32.8 Å². The molecule has 0 amide bonds. The molecule has 0 aromatic rings. The van der Waals surface area contributed by atoms with E-state index in [0.717, 1.165) is 0 Å². The Labute approximate surface area is 87.9 Å². The molecule has 1 aliphatic rings. The molecule has 0 bridgehead atoms. The van der Waals surface area contributed by atoms with Crippen molar-refractivity contribution in [3.63, 3.8) is 0 Å². The van der Waals surface area contributed by atoms with Crippen LogP contribution in [-0.2, 0) is 9.53 Å². The van der Waals surface area contributed by atoms with Gasteiger partial charge < -0.3 is 14.9 Å². The van der Waals surface area contributed by atoms with Crippen LogP contribution in [0.5, 0.6) is 0 Å². The molecule has 76 valence electrons. The van der Waals surface area contributed by atoms with Crippen LogP contribution in [0.2, 0.25) is 0 Å². The number of hydrogen-bond donors (Lipinski definition) is 0. The first-order chi connectivity index (χ1) is 6.57. The lowest BCUT2D eigenvalue weighted by atomic mass is 10.2. The fraction of sp³-hybridized carbons (Fsp3) is 0.429. The van der Waals surface area contributed by atoms with E-state index in [9.17, 15) is 14.9 Å². The molecular weight excluding hydrogens is 256 g/mol. The van der Waals surface area contributed by atoms with Crippen molar-refractivity contribution in [3.8, 4) is 0 Å². The topological polar surface area (TPSA) is 81.8 Å². The Kier molecular flexibility index (Phi) is 3.34. The second-order valence-corrected chi connectivity index (χ2v) is 3.29. The van der Waals surface area contributed by atoms with Gasteiger partial charge in [0.2, 0.25) is 0 Å². The molecule has 0 aliphatic carbocycles. The molecule has 1 rings (SSSR count). The third kappa shape index (κ3) is 1.98. The predicted octanol–water partition coefficient (Wildman–Crippen LogP) is 1.09. The highest BCUT2D eigenvalue weighted by Crippen LogP contribution is 2.28. The molecule has 0 radical (unpaired) electrons. The molecule has 0 saturated heterocycles. The van der Waals surface area contributed by atoms with Crippen LogP contribution in [0.3, 0.4) is 0 Å². The molecule has 1 heterocycles. The minimum atomic E-state index is -0.782. The lowest BCUT2D eigenvalue weighted by Crippen LogP contribution is -2.17. The van der Waals surface area contributed by atoms with Gasteiger partial charge in [0, 0.05) is 0 Å². The lowest BCUT2D eigenvalue weighted by Gasteiger charge is -2.03. The molecule has 14 heavy (non-hydrogen) atoms. The van der Waals surface area contributed by atoms with Crippen LogP contribution in [0.4, 0.5) is 0 Å². The minimum Gasteiger partial charge on any atom is -0.465 e. The Morgan fingerprint density at radius 3 is 2.93 bits per heavy atom. The van der Waals surface area contributed by atoms with Crippen molar-refractivity contribution < 1.29 is 14.5 Å². The summed E-state index contributed by atoms with van der Waals surface area (Å²) >= 11 is 2.95. The number of nitro groups is 1. The molecule has 7 heteroatoms. The number of esters is 1. The summed E-state index contributed by atoms with van der Waals surface area (Å²) in [5.41, 5.74) is 0. The fourth-order valence-electron chi connectivity index (χ4n) is 0.942. The highest BCUT2D eigenvalue weighted by Gasteiger charge is 2.35. The first kappa shape index (κ1) is 10.8. The molecule has 0 aromatic carbocycles. The normalized spacial score (nSPS) is 20.0. The number of aliphatic imine (C=N–C) groups is 1. The quantitative estimate of drug-likeness (QED) is 0.433. The number of rotatable bonds is 3. The van der Waals surface area contributed by atoms with Crippen LogP contribution < -0.4 is 0 Å². The Balaban J connectivity index is 2.83. The summed E-state index contributed by atoms with van der Waals surface area (Å²) in [6.45, 7) is 1.90. The number of halogens is 1. The summed E-state index contributed by atoms with van der Waals surface area (Å²) in [7, 11) is 0. The predicted molar refractivity (Wildman–Crippen MR) is 51.6 cm³/mol. The van der Waals surface area contributed by atoms with E-state index in [2.05, 4.69) is 20.9 Å². The fourth-order valence-corrected chi connectivity index (χ4v) is 1.49. The summed E-state index contributed by atoms with van der Waals surface area (Å²) in [6.07, 6.45) is 1.19. The SMILES string of the molecule is CCOC(=O)[C@@H]1C=NC([N+](=O)[O-])=C1Br. The lowest BCUT2D eigenvalue weighted by molar-refractivity contribution is -0.426. The molecule has 0 unspecified atom stereocenters. The summed E-state index contributed by atoms with van der Waals surface area (Å²) < 4.78 is 4.85. The molecule has 1 atom stereocenters. The first-order valence-electron chi connectivity index (χ1n) is 3.82. The number of carbonyl (C=O) groups excluding carboxylic acids is 1. The molecule has 0 saturated carbocycles. The average Bonchev–Trinajstić information content (AvgIpc) is 2.47. The third-order valence-corrected chi connectivity index (χ3v) is 2.39. The van der Waals surface area contributed by atoms with E-state index >= 15 is 0 Å². The van der Waals surface area contributed by atoms with Gasteiger partial charge in [-0.3, -0.25) is 4.79 Å². The van der Waals surface area contributed by atoms with Crippen molar-refractivity contribution in [1.29, 1.82) is 0 Å². The van der Waals surface area contributed by atoms with Crippen LogP contribution in [0.25, 0.3) is 0 Å². The average molecular weight is 263 g/mol. The van der Waals surface area contributed by atoms with E-state index in [4.69, 9.17) is 4.74 Å². The van der Waals surface area contributed by atoms with Gasteiger partial charge in [0.1, 0.15) is 10.7 Å². The Morgan fingerprint density at radius 2 is 2.50 bits per heavy atom. The van der Waals surface area contributed by atoms with Crippen molar-refractivity contribution in [2.24, 2.45) is 10.9 Å². The first-order valence-corrected chi connectivity index (χ1v) is 4.62. The molecule has 0 N–H and O–H groups in total. The Morgan fingerprint density at radius 1 is 1.86 bits per heavy atom. The molecule has 1 aliphatic heterocycles. The van der Waals surface area contributed by atoms with E-state index in [0.29, 0.717) is 0 Å². The highest BCUT2D eigenvalue weighted by molar-refractivity contribution is 9.11. The van der Waals surface area contributed by atoms with Crippen LogP contribution in [0, 0.1) is 16.0 Å². The minimum absolute atomic E-state index is 0.140. The van der Waals surface area contributed by atoms with Gasteiger partial charge in [-0.15, -0.1) is 0 Å². The van der Waals surface area contributed by atoms with Gasteiger partial charge in [-0.2, -0.15) is 0 Å². The van der Waals surface area contributed by atoms with E-state index in [1.165, 1.54) is 6.21 Å². The highest BCUT2D eigenvalue weighted by atomic mass is 79.9. The number of ether oxygens (including phenoxy) is 1. The summed E-state index contributed by atoms with van der Waals surface area (Å²) in [4.78, 5) is 24.5. The molecule has 0 spiro atoms. The van der Waals surface area contributed by atoms with Crippen molar-refractivity contribution in [2.75, 3.05) is 6.61 Å². The summed E-state index contributed by atoms with van der Waals surface area (Å²) in [5.74, 6) is -1.67. The standard InChI is InChI=1S/C7H7BrN2O4/c1-2-14-7(11)4-3-9-6(5(4)8)10(12)13/h3-4H,2H2,1H3/t4-/m1/s1. The van der Waals surface area contributed by atoms with E-state index in [1.54, 1.807) is 6.92 Å². The van der Waals surface area contributed by atoms with Crippen LogP contribution in [0.1, 0.15) is 6.92 Å². The maximum atomic E-state index is 11.2. The number of carbonyl (C=O) groups is 1. The van der Waals surface area contributed by atoms with Crippen LogP contribution >= 0.6 is 15.9 Å². The van der Waals surface area contributed by atoms with Crippen molar-refractivity contribution >= 4 is 28.1 Å². The zero-order valence-corrected chi connectivity index (χ0v) is 8.85. The van der Waals surface area contributed by atoms with Crippen LogP contribution in [0.15, 0.2) is 15.3 Å².